The van der Waals surface area contributed by atoms with Gasteiger partial charge in [-0.3, -0.25) is 4.72 Å². The van der Waals surface area contributed by atoms with Crippen molar-refractivity contribution in [2.24, 2.45) is 0 Å². The van der Waals surface area contributed by atoms with E-state index in [0.29, 0.717) is 28.3 Å². The summed E-state index contributed by atoms with van der Waals surface area (Å²) in [4.78, 5) is 17.2. The van der Waals surface area contributed by atoms with Crippen molar-refractivity contribution in [2.75, 3.05) is 30.0 Å². The predicted molar refractivity (Wildman–Crippen MR) is 155 cm³/mol. The van der Waals surface area contributed by atoms with Crippen molar-refractivity contribution in [3.05, 3.63) is 72.1 Å². The van der Waals surface area contributed by atoms with E-state index in [1.165, 1.54) is 32.7 Å². The first-order chi connectivity index (χ1) is 20.1. The Balaban J connectivity index is 1.57. The lowest BCUT2D eigenvalue weighted by Crippen LogP contribution is -2.16. The van der Waals surface area contributed by atoms with Gasteiger partial charge in [0, 0.05) is 18.0 Å². The number of anilines is 3. The van der Waals surface area contributed by atoms with Crippen LogP contribution >= 0.6 is 0 Å². The molecule has 0 aliphatic heterocycles. The van der Waals surface area contributed by atoms with Gasteiger partial charge in [0.1, 0.15) is 46.7 Å². The molecule has 1 atom stereocenters. The maximum absolute atomic E-state index is 13.2. The number of nitrogens with one attached hydrogen (secondary N) is 2. The number of rotatable bonds is 9. The second kappa shape index (κ2) is 11.2. The first-order valence-electron chi connectivity index (χ1n) is 12.5. The van der Waals surface area contributed by atoms with Gasteiger partial charge >= 0.3 is 0 Å². The number of aromatic nitrogens is 6. The lowest BCUT2D eigenvalue weighted by atomic mass is 10.1. The van der Waals surface area contributed by atoms with Crippen LogP contribution in [0.1, 0.15) is 29.9 Å². The van der Waals surface area contributed by atoms with Crippen LogP contribution in [-0.2, 0) is 10.0 Å². The molecule has 0 aliphatic rings. The van der Waals surface area contributed by atoms with Crippen LogP contribution < -0.4 is 25.2 Å². The molecule has 4 heterocycles. The highest BCUT2D eigenvalue weighted by atomic mass is 32.2. The smallest absolute Gasteiger partial charge is 0.262 e. The number of pyridine rings is 1. The summed E-state index contributed by atoms with van der Waals surface area (Å²) >= 11 is 0. The molecule has 4 aromatic heterocycles. The molecular weight excluding hydrogens is 560 g/mol. The first kappa shape index (κ1) is 28.1. The molecule has 4 N–H and O–H groups in total. The summed E-state index contributed by atoms with van der Waals surface area (Å²) in [5.41, 5.74) is 8.66. The van der Waals surface area contributed by atoms with Crippen LogP contribution in [0.25, 0.3) is 16.8 Å². The molecule has 0 radical (unpaired) electrons. The van der Waals surface area contributed by atoms with Crippen LogP contribution in [0, 0.1) is 18.3 Å². The number of nitriles is 1. The van der Waals surface area contributed by atoms with Crippen molar-refractivity contribution in [1.29, 1.82) is 5.26 Å². The zero-order chi connectivity index (χ0) is 30.0. The zero-order valence-corrected chi connectivity index (χ0v) is 23.8. The van der Waals surface area contributed by atoms with E-state index in [4.69, 9.17) is 20.2 Å². The number of hydrogen-bond donors (Lipinski definition) is 3. The molecule has 5 rings (SSSR count). The Morgan fingerprint density at radius 2 is 1.86 bits per heavy atom. The molecule has 15 heteroatoms. The third-order valence-electron chi connectivity index (χ3n) is 6.39. The largest absolute Gasteiger partial charge is 0.497 e. The summed E-state index contributed by atoms with van der Waals surface area (Å²) in [5, 5.41) is 17.3. The van der Waals surface area contributed by atoms with Crippen molar-refractivity contribution in [3.8, 4) is 29.0 Å². The fourth-order valence-corrected chi connectivity index (χ4v) is 5.29. The number of nitrogen functional groups attached to an aromatic ring is 1. The van der Waals surface area contributed by atoms with Crippen molar-refractivity contribution in [2.45, 2.75) is 24.8 Å². The third-order valence-corrected chi connectivity index (χ3v) is 7.77. The normalized spacial score (nSPS) is 12.0. The monoisotopic (exact) mass is 586 g/mol. The average Bonchev–Trinajstić information content (AvgIpc) is 3.37. The molecule has 0 spiro atoms. The molecule has 0 bridgehead atoms. The summed E-state index contributed by atoms with van der Waals surface area (Å²) < 4.78 is 41.2. The minimum atomic E-state index is -4.00. The molecule has 0 saturated heterocycles. The average molecular weight is 587 g/mol. The lowest BCUT2D eigenvalue weighted by molar-refractivity contribution is 0.400. The second-order valence-corrected chi connectivity index (χ2v) is 10.8. The van der Waals surface area contributed by atoms with Gasteiger partial charge in [-0.05, 0) is 55.8 Å². The minimum absolute atomic E-state index is 0.0342. The Morgan fingerprint density at radius 1 is 1.10 bits per heavy atom. The number of ether oxygens (including phenoxy) is 2. The topological polar surface area (TPSA) is 195 Å². The van der Waals surface area contributed by atoms with Gasteiger partial charge in [-0.2, -0.15) is 10.4 Å². The van der Waals surface area contributed by atoms with Crippen LogP contribution in [-0.4, -0.2) is 52.2 Å². The number of aryl methyl sites for hydroxylation is 1. The highest BCUT2D eigenvalue weighted by Gasteiger charge is 2.22. The van der Waals surface area contributed by atoms with Gasteiger partial charge in [-0.25, -0.2) is 32.9 Å². The van der Waals surface area contributed by atoms with Crippen LogP contribution in [0.4, 0.5) is 17.3 Å². The Labute approximate surface area is 241 Å². The summed E-state index contributed by atoms with van der Waals surface area (Å²) in [6.07, 6.45) is 4.59. The van der Waals surface area contributed by atoms with Gasteiger partial charge in [0.25, 0.3) is 10.0 Å². The standard InChI is InChI=1S/C27H26N10O4S/c1-15-9-10-37-23(15)22(34-25(35-37)16(2)33-26-20(12-28)24(29)31-14-32-26)17-11-21(27(41-4)30-13-17)36-42(38,39)19-7-5-18(40-3)6-8-19/h5-11,13-14,16,36H,1-4H3,(H3,29,31,32,33)/t16-/m0/s1. The van der Waals surface area contributed by atoms with E-state index in [9.17, 15) is 13.7 Å². The fourth-order valence-electron chi connectivity index (χ4n) is 4.24. The van der Waals surface area contributed by atoms with E-state index >= 15 is 0 Å². The van der Waals surface area contributed by atoms with Gasteiger partial charge in [0.2, 0.25) is 5.88 Å². The van der Waals surface area contributed by atoms with E-state index in [-0.39, 0.29) is 33.7 Å². The predicted octanol–water partition coefficient (Wildman–Crippen LogP) is 3.33. The van der Waals surface area contributed by atoms with Gasteiger partial charge in [0.05, 0.1) is 30.7 Å². The van der Waals surface area contributed by atoms with E-state index in [0.717, 1.165) is 5.56 Å². The van der Waals surface area contributed by atoms with E-state index in [1.54, 1.807) is 42.0 Å². The number of methoxy groups -OCH3 is 2. The number of benzene rings is 1. The maximum Gasteiger partial charge on any atom is 0.262 e. The SMILES string of the molecule is COc1ccc(S(=O)(=O)Nc2cc(-c3nc([C@H](C)Nc4ncnc(N)c4C#N)nn4ccc(C)c34)cnc2OC)cc1. The Kier molecular flexibility index (Phi) is 7.47. The van der Waals surface area contributed by atoms with Crippen LogP contribution in [0.15, 0.2) is 60.0 Å². The van der Waals surface area contributed by atoms with Crippen LogP contribution in [0.3, 0.4) is 0 Å². The molecule has 0 unspecified atom stereocenters. The number of hydrogen-bond acceptors (Lipinski definition) is 12. The van der Waals surface area contributed by atoms with Gasteiger partial charge in [-0.1, -0.05) is 0 Å². The lowest BCUT2D eigenvalue weighted by Gasteiger charge is -2.17. The fraction of sp³-hybridized carbons (Fsp3) is 0.185. The number of nitrogens with two attached hydrogens (primary N) is 1. The molecule has 214 valence electrons. The highest BCUT2D eigenvalue weighted by molar-refractivity contribution is 7.92. The number of fused-ring (bicyclic) bond motifs is 1. The molecule has 14 nitrogen and oxygen atoms in total. The molecule has 0 amide bonds. The summed E-state index contributed by atoms with van der Waals surface area (Å²) in [7, 11) is -1.10. The van der Waals surface area contributed by atoms with Crippen molar-refractivity contribution >= 4 is 32.9 Å². The quantitative estimate of drug-likeness (QED) is 0.228. The van der Waals surface area contributed by atoms with Crippen LogP contribution in [0.5, 0.6) is 11.6 Å². The van der Waals surface area contributed by atoms with Crippen molar-refractivity contribution in [3.63, 3.8) is 0 Å². The zero-order valence-electron chi connectivity index (χ0n) is 23.0. The van der Waals surface area contributed by atoms with E-state index in [1.807, 2.05) is 19.1 Å². The van der Waals surface area contributed by atoms with Gasteiger partial charge in [0.15, 0.2) is 5.82 Å². The van der Waals surface area contributed by atoms with Crippen molar-refractivity contribution in [1.82, 2.24) is 29.5 Å². The summed E-state index contributed by atoms with van der Waals surface area (Å²) in [6.45, 7) is 3.72. The van der Waals surface area contributed by atoms with Gasteiger partial charge in [-0.15, -0.1) is 0 Å². The molecule has 1 aromatic carbocycles. The number of sulfonamides is 1. The Morgan fingerprint density at radius 3 is 2.55 bits per heavy atom. The molecular formula is C27H26N10O4S. The Bertz CT molecular complexity index is 1940. The van der Waals surface area contributed by atoms with Crippen molar-refractivity contribution < 1.29 is 17.9 Å². The molecule has 5 aromatic rings. The molecule has 0 aliphatic carbocycles. The van der Waals surface area contributed by atoms with Crippen LogP contribution in [0.2, 0.25) is 0 Å². The van der Waals surface area contributed by atoms with E-state index < -0.39 is 16.1 Å². The summed E-state index contributed by atoms with van der Waals surface area (Å²) in [6, 6.07) is 11.0. The highest BCUT2D eigenvalue weighted by Crippen LogP contribution is 2.33. The second-order valence-electron chi connectivity index (χ2n) is 9.13. The Hall–Kier alpha value is -5.49. The maximum atomic E-state index is 13.2. The molecule has 0 saturated carbocycles. The molecule has 42 heavy (non-hydrogen) atoms. The minimum Gasteiger partial charge on any atom is -0.497 e. The van der Waals surface area contributed by atoms with E-state index in [2.05, 4.69) is 30.1 Å². The van der Waals surface area contributed by atoms with Gasteiger partial charge < -0.3 is 20.5 Å². The molecule has 0 fully saturated rings. The number of nitrogens with zero attached hydrogens (tertiary/aromatic N) is 7. The first-order valence-corrected chi connectivity index (χ1v) is 14.0. The summed E-state index contributed by atoms with van der Waals surface area (Å²) in [5.74, 6) is 1.26. The third kappa shape index (κ3) is 5.30.